The molecule has 0 fully saturated rings. The van der Waals surface area contributed by atoms with Crippen LogP contribution in [0.15, 0.2) is 54.6 Å². The van der Waals surface area contributed by atoms with Crippen LogP contribution in [0, 0.1) is 0 Å². The van der Waals surface area contributed by atoms with Crippen LogP contribution in [-0.2, 0) is 22.6 Å². The molecule has 2 aromatic rings. The van der Waals surface area contributed by atoms with E-state index in [2.05, 4.69) is 53.6 Å². The van der Waals surface area contributed by atoms with E-state index in [0.29, 0.717) is 6.54 Å². The number of ether oxygens (including phenoxy) is 1. The van der Waals surface area contributed by atoms with Crippen molar-refractivity contribution in [3.63, 3.8) is 0 Å². The molecule has 1 aliphatic rings. The fraction of sp³-hybridized carbons (Fsp3) is 0.385. The monoisotopic (exact) mass is 435 g/mol. The van der Waals surface area contributed by atoms with Crippen molar-refractivity contribution in [1.82, 2.24) is 15.5 Å². The number of carbonyl (C=O) groups excluding carboxylic acids is 2. The van der Waals surface area contributed by atoms with Crippen molar-refractivity contribution in [1.29, 1.82) is 0 Å². The van der Waals surface area contributed by atoms with Crippen LogP contribution in [0.25, 0.3) is 6.08 Å². The fourth-order valence-corrected chi connectivity index (χ4v) is 3.79. The molecule has 1 aliphatic heterocycles. The average Bonchev–Trinajstić information content (AvgIpc) is 2.81. The van der Waals surface area contributed by atoms with Crippen molar-refractivity contribution >= 4 is 17.9 Å². The van der Waals surface area contributed by atoms with Gasteiger partial charge in [-0.1, -0.05) is 36.4 Å². The van der Waals surface area contributed by atoms with Crippen LogP contribution in [0.2, 0.25) is 0 Å². The van der Waals surface area contributed by atoms with Gasteiger partial charge in [-0.05, 0) is 62.1 Å². The first kappa shape index (κ1) is 23.5. The lowest BCUT2D eigenvalue weighted by Gasteiger charge is -2.41. The third kappa shape index (κ3) is 6.20. The summed E-state index contributed by atoms with van der Waals surface area (Å²) in [4.78, 5) is 27.2. The smallest absolute Gasteiger partial charge is 0.244 e. The number of methoxy groups -OCH3 is 1. The van der Waals surface area contributed by atoms with Crippen molar-refractivity contribution in [3.05, 3.63) is 71.3 Å². The highest BCUT2D eigenvalue weighted by Crippen LogP contribution is 2.25. The van der Waals surface area contributed by atoms with Gasteiger partial charge in [0, 0.05) is 31.2 Å². The minimum atomic E-state index is -0.624. The third-order valence-corrected chi connectivity index (χ3v) is 5.98. The molecule has 2 N–H and O–H groups in total. The van der Waals surface area contributed by atoms with Gasteiger partial charge in [-0.15, -0.1) is 0 Å². The molecular weight excluding hydrogens is 402 g/mol. The SMILES string of the molecule is COc1ccc(C=CC(=O)NC(C)C(=O)NCC(C)(C)N2CCc3ccccc3C2)cc1. The molecule has 170 valence electrons. The van der Waals surface area contributed by atoms with Gasteiger partial charge in [0.15, 0.2) is 0 Å². The van der Waals surface area contributed by atoms with Gasteiger partial charge < -0.3 is 15.4 Å². The van der Waals surface area contributed by atoms with Crippen LogP contribution in [-0.4, -0.2) is 48.5 Å². The molecular formula is C26H33N3O3. The highest BCUT2D eigenvalue weighted by Gasteiger charge is 2.30. The van der Waals surface area contributed by atoms with Gasteiger partial charge in [0.05, 0.1) is 7.11 Å². The summed E-state index contributed by atoms with van der Waals surface area (Å²) < 4.78 is 5.12. The molecule has 32 heavy (non-hydrogen) atoms. The molecule has 6 heteroatoms. The topological polar surface area (TPSA) is 70.7 Å². The normalized spacial score (nSPS) is 15.1. The lowest BCUT2D eigenvalue weighted by molar-refractivity contribution is -0.127. The minimum Gasteiger partial charge on any atom is -0.497 e. The Bertz CT molecular complexity index is 967. The Labute approximate surface area is 190 Å². The first-order valence-corrected chi connectivity index (χ1v) is 11.0. The molecule has 3 rings (SSSR count). The summed E-state index contributed by atoms with van der Waals surface area (Å²) >= 11 is 0. The van der Waals surface area contributed by atoms with Crippen LogP contribution < -0.4 is 15.4 Å². The van der Waals surface area contributed by atoms with Crippen LogP contribution in [0.1, 0.15) is 37.5 Å². The number of fused-ring (bicyclic) bond motifs is 1. The standard InChI is InChI=1S/C26H33N3O3/c1-19(28-24(30)14-11-20-9-12-23(32-4)13-10-20)25(31)27-18-26(2,3)29-16-15-21-7-5-6-8-22(21)17-29/h5-14,19H,15-18H2,1-4H3,(H,27,31)(H,28,30). The molecule has 0 aromatic heterocycles. The van der Waals surface area contributed by atoms with E-state index in [-0.39, 0.29) is 17.4 Å². The molecule has 1 heterocycles. The van der Waals surface area contributed by atoms with Gasteiger partial charge >= 0.3 is 0 Å². The van der Waals surface area contributed by atoms with E-state index < -0.39 is 6.04 Å². The fourth-order valence-electron chi connectivity index (χ4n) is 3.79. The Morgan fingerprint density at radius 2 is 1.81 bits per heavy atom. The number of benzene rings is 2. The highest BCUT2D eigenvalue weighted by molar-refractivity contribution is 5.95. The van der Waals surface area contributed by atoms with E-state index >= 15 is 0 Å². The lowest BCUT2D eigenvalue weighted by Crippen LogP contribution is -2.55. The van der Waals surface area contributed by atoms with Crippen molar-refractivity contribution in [3.8, 4) is 5.75 Å². The van der Waals surface area contributed by atoms with Crippen molar-refractivity contribution in [2.45, 2.75) is 45.3 Å². The number of hydrogen-bond donors (Lipinski definition) is 2. The Morgan fingerprint density at radius 3 is 2.50 bits per heavy atom. The average molecular weight is 436 g/mol. The Hall–Kier alpha value is -3.12. The second-order valence-electron chi connectivity index (χ2n) is 8.81. The predicted molar refractivity (Wildman–Crippen MR) is 127 cm³/mol. The van der Waals surface area contributed by atoms with Gasteiger partial charge in [0.25, 0.3) is 0 Å². The molecule has 0 bridgehead atoms. The first-order chi connectivity index (χ1) is 15.3. The summed E-state index contributed by atoms with van der Waals surface area (Å²) in [6.07, 6.45) is 4.15. The Kier molecular flexibility index (Phi) is 7.70. The van der Waals surface area contributed by atoms with Crippen LogP contribution in [0.3, 0.4) is 0 Å². The Morgan fingerprint density at radius 1 is 1.12 bits per heavy atom. The Balaban J connectivity index is 1.47. The molecule has 1 unspecified atom stereocenters. The van der Waals surface area contributed by atoms with Gasteiger partial charge in [0.1, 0.15) is 11.8 Å². The second-order valence-corrected chi connectivity index (χ2v) is 8.81. The number of amides is 2. The molecule has 2 amide bonds. The largest absolute Gasteiger partial charge is 0.497 e. The molecule has 0 radical (unpaired) electrons. The maximum absolute atomic E-state index is 12.6. The van der Waals surface area contributed by atoms with Gasteiger partial charge in [-0.25, -0.2) is 0 Å². The second kappa shape index (κ2) is 10.5. The molecule has 0 saturated carbocycles. The molecule has 6 nitrogen and oxygen atoms in total. The zero-order valence-electron chi connectivity index (χ0n) is 19.4. The third-order valence-electron chi connectivity index (χ3n) is 5.98. The zero-order chi connectivity index (χ0) is 23.1. The summed E-state index contributed by atoms with van der Waals surface area (Å²) in [7, 11) is 1.61. The van der Waals surface area contributed by atoms with E-state index in [0.717, 1.165) is 30.8 Å². The van der Waals surface area contributed by atoms with E-state index in [1.165, 1.54) is 17.2 Å². The van der Waals surface area contributed by atoms with Crippen LogP contribution in [0.5, 0.6) is 5.75 Å². The quantitative estimate of drug-likeness (QED) is 0.625. The summed E-state index contributed by atoms with van der Waals surface area (Å²) in [6.45, 7) is 8.32. The predicted octanol–water partition coefficient (Wildman–Crippen LogP) is 3.17. The first-order valence-electron chi connectivity index (χ1n) is 11.0. The number of rotatable bonds is 8. The maximum atomic E-state index is 12.6. The van der Waals surface area contributed by atoms with Crippen LogP contribution in [0.4, 0.5) is 0 Å². The van der Waals surface area contributed by atoms with E-state index in [1.54, 1.807) is 20.1 Å². The van der Waals surface area contributed by atoms with E-state index in [1.807, 2.05) is 24.3 Å². The summed E-state index contributed by atoms with van der Waals surface area (Å²) in [6, 6.07) is 15.3. The molecule has 0 aliphatic carbocycles. The highest BCUT2D eigenvalue weighted by atomic mass is 16.5. The molecule has 1 atom stereocenters. The summed E-state index contributed by atoms with van der Waals surface area (Å²) in [5.41, 5.74) is 3.44. The number of nitrogens with zero attached hydrogens (tertiary/aromatic N) is 1. The van der Waals surface area contributed by atoms with Gasteiger partial charge in [-0.3, -0.25) is 14.5 Å². The minimum absolute atomic E-state index is 0.193. The van der Waals surface area contributed by atoms with Gasteiger partial charge in [-0.2, -0.15) is 0 Å². The van der Waals surface area contributed by atoms with Crippen molar-refractivity contribution in [2.24, 2.45) is 0 Å². The number of carbonyl (C=O) groups is 2. The molecule has 2 aromatic carbocycles. The lowest BCUT2D eigenvalue weighted by atomic mass is 9.94. The summed E-state index contributed by atoms with van der Waals surface area (Å²) in [5.74, 6) is 0.255. The van der Waals surface area contributed by atoms with Crippen molar-refractivity contribution < 1.29 is 14.3 Å². The van der Waals surface area contributed by atoms with Crippen LogP contribution >= 0.6 is 0 Å². The molecule has 0 spiro atoms. The van der Waals surface area contributed by atoms with E-state index in [9.17, 15) is 9.59 Å². The number of nitrogens with one attached hydrogen (secondary N) is 2. The maximum Gasteiger partial charge on any atom is 0.244 e. The molecule has 0 saturated heterocycles. The zero-order valence-corrected chi connectivity index (χ0v) is 19.4. The van der Waals surface area contributed by atoms with E-state index in [4.69, 9.17) is 4.74 Å². The van der Waals surface area contributed by atoms with Gasteiger partial charge in [0.2, 0.25) is 11.8 Å². The number of hydrogen-bond acceptors (Lipinski definition) is 4. The summed E-state index contributed by atoms with van der Waals surface area (Å²) in [5, 5.41) is 5.73. The van der Waals surface area contributed by atoms with Crippen molar-refractivity contribution in [2.75, 3.05) is 20.2 Å².